The minimum Gasteiger partial charge on any atom is -0.756 e. The zero-order valence-electron chi connectivity index (χ0n) is 41.1. The number of nitrogens with one attached hydrogen (secondary N) is 1. The molecule has 0 fully saturated rings. The van der Waals surface area contributed by atoms with Crippen molar-refractivity contribution in [1.29, 1.82) is 0 Å². The minimum atomic E-state index is -4.59. The smallest absolute Gasteiger partial charge is 0.268 e. The Morgan fingerprint density at radius 2 is 0.902 bits per heavy atom. The Bertz CT molecular complexity index is 1050. The van der Waals surface area contributed by atoms with Gasteiger partial charge in [-0.1, -0.05) is 224 Å². The van der Waals surface area contributed by atoms with E-state index in [1.165, 1.54) is 193 Å². The topological polar surface area (TPSA) is 108 Å². The third-order valence-corrected chi connectivity index (χ3v) is 12.9. The molecule has 9 heteroatoms. The number of aliphatic hydroxyl groups excluding tert-OH is 1. The normalized spacial score (nSPS) is 14.3. The summed E-state index contributed by atoms with van der Waals surface area (Å²) >= 11 is 0. The number of hydrogen-bond acceptors (Lipinski definition) is 6. The van der Waals surface area contributed by atoms with Crippen LogP contribution in [0.5, 0.6) is 0 Å². The standard InChI is InChI=1S/C52H103N2O6P/c1-6-8-10-12-14-16-18-20-22-24-25-26-27-28-29-30-32-34-36-38-40-42-44-46-52(56)53-50(49-60-61(57,58)59-48-47-54(3,4)5)51(55)45-43-41-39-37-35-33-31-23-21-19-17-15-13-11-9-7-2/h28-29,43,45,50-51,55H,6-27,30-42,44,46-49H2,1-5H3,(H-,53,56,57,58)/b29-28-,45-43+. The number of unbranched alkanes of at least 4 members (excludes halogenated alkanes) is 33. The minimum absolute atomic E-state index is 0.000457. The van der Waals surface area contributed by atoms with Gasteiger partial charge in [0.25, 0.3) is 7.82 Å². The Hall–Kier alpha value is -1.02. The van der Waals surface area contributed by atoms with Gasteiger partial charge in [0.2, 0.25) is 5.91 Å². The van der Waals surface area contributed by atoms with Crippen molar-refractivity contribution in [3.63, 3.8) is 0 Å². The molecule has 0 saturated carbocycles. The first-order valence-electron chi connectivity index (χ1n) is 26.2. The molecule has 0 bridgehead atoms. The molecule has 0 radical (unpaired) electrons. The van der Waals surface area contributed by atoms with Crippen molar-refractivity contribution in [3.8, 4) is 0 Å². The average Bonchev–Trinajstić information content (AvgIpc) is 3.21. The monoisotopic (exact) mass is 883 g/mol. The molecule has 0 aliphatic rings. The van der Waals surface area contributed by atoms with Gasteiger partial charge >= 0.3 is 0 Å². The van der Waals surface area contributed by atoms with Crippen LogP contribution in [0.15, 0.2) is 24.3 Å². The molecule has 0 rings (SSSR count). The number of amides is 1. The molecular weight excluding hydrogens is 780 g/mol. The Labute approximate surface area is 379 Å². The Balaban J connectivity index is 4.26. The molecule has 3 unspecified atom stereocenters. The van der Waals surface area contributed by atoms with Gasteiger partial charge in [-0.05, 0) is 44.9 Å². The molecule has 0 saturated heterocycles. The van der Waals surface area contributed by atoms with E-state index in [1.54, 1.807) is 6.08 Å². The van der Waals surface area contributed by atoms with Crippen molar-refractivity contribution in [2.24, 2.45) is 0 Å². The van der Waals surface area contributed by atoms with E-state index >= 15 is 0 Å². The molecule has 0 heterocycles. The summed E-state index contributed by atoms with van der Waals surface area (Å²) in [6.45, 7) is 4.67. The van der Waals surface area contributed by atoms with E-state index in [2.05, 4.69) is 31.3 Å². The summed E-state index contributed by atoms with van der Waals surface area (Å²) in [7, 11) is 1.27. The average molecular weight is 883 g/mol. The van der Waals surface area contributed by atoms with Gasteiger partial charge in [0.05, 0.1) is 39.9 Å². The summed E-state index contributed by atoms with van der Waals surface area (Å²) in [6.07, 6.45) is 53.8. The van der Waals surface area contributed by atoms with Gasteiger partial charge < -0.3 is 28.8 Å². The van der Waals surface area contributed by atoms with Gasteiger partial charge in [-0.2, -0.15) is 0 Å². The summed E-state index contributed by atoms with van der Waals surface area (Å²) in [5, 5.41) is 13.8. The van der Waals surface area contributed by atoms with Gasteiger partial charge in [0.15, 0.2) is 0 Å². The fourth-order valence-corrected chi connectivity index (χ4v) is 8.46. The summed E-state index contributed by atoms with van der Waals surface area (Å²) in [5.41, 5.74) is 0. The number of phosphoric acid groups is 1. The van der Waals surface area contributed by atoms with E-state index in [-0.39, 0.29) is 19.1 Å². The highest BCUT2D eigenvalue weighted by atomic mass is 31.2. The van der Waals surface area contributed by atoms with E-state index in [0.29, 0.717) is 17.4 Å². The number of hydrogen-bond donors (Lipinski definition) is 2. The SMILES string of the molecule is CCCCCCCCCCCCCC/C=C\CCCCCCCCCC(=O)NC(COP(=O)([O-])OCC[N+](C)(C)C)C(O)/C=C/CCCCCCCCCCCCCCCC. The predicted molar refractivity (Wildman–Crippen MR) is 261 cm³/mol. The fourth-order valence-electron chi connectivity index (χ4n) is 7.74. The van der Waals surface area contributed by atoms with Crippen molar-refractivity contribution < 1.29 is 32.9 Å². The largest absolute Gasteiger partial charge is 0.756 e. The van der Waals surface area contributed by atoms with Gasteiger partial charge in [0, 0.05) is 6.42 Å². The van der Waals surface area contributed by atoms with Crippen molar-refractivity contribution in [2.75, 3.05) is 40.9 Å². The highest BCUT2D eigenvalue weighted by Crippen LogP contribution is 2.38. The van der Waals surface area contributed by atoms with Crippen LogP contribution in [0.25, 0.3) is 0 Å². The lowest BCUT2D eigenvalue weighted by Gasteiger charge is -2.29. The number of likely N-dealkylation sites (N-methyl/N-ethyl adjacent to an activating group) is 1. The van der Waals surface area contributed by atoms with Crippen molar-refractivity contribution in [2.45, 2.75) is 264 Å². The van der Waals surface area contributed by atoms with E-state index in [9.17, 15) is 19.4 Å². The van der Waals surface area contributed by atoms with E-state index in [1.807, 2.05) is 27.2 Å². The molecule has 0 aliphatic heterocycles. The number of phosphoric ester groups is 1. The zero-order chi connectivity index (χ0) is 45.0. The quantitative estimate of drug-likeness (QED) is 0.0273. The van der Waals surface area contributed by atoms with Crippen LogP contribution in [0.1, 0.15) is 251 Å². The number of aliphatic hydroxyl groups is 1. The summed E-state index contributed by atoms with van der Waals surface area (Å²) in [4.78, 5) is 25.4. The van der Waals surface area contributed by atoms with Crippen molar-refractivity contribution in [1.82, 2.24) is 5.32 Å². The molecule has 0 aromatic carbocycles. The number of nitrogens with zero attached hydrogens (tertiary/aromatic N) is 1. The molecular formula is C52H103N2O6P. The summed E-state index contributed by atoms with van der Waals surface area (Å²) in [5.74, 6) is -0.199. The first-order chi connectivity index (χ1) is 29.5. The number of carbonyl (C=O) groups is 1. The maximum atomic E-state index is 12.9. The van der Waals surface area contributed by atoms with Crippen LogP contribution < -0.4 is 10.2 Å². The highest BCUT2D eigenvalue weighted by molar-refractivity contribution is 7.45. The van der Waals surface area contributed by atoms with Crippen LogP contribution in [0.3, 0.4) is 0 Å². The Morgan fingerprint density at radius 1 is 0.557 bits per heavy atom. The molecule has 0 spiro atoms. The summed E-state index contributed by atoms with van der Waals surface area (Å²) in [6, 6.07) is -0.886. The maximum absolute atomic E-state index is 12.9. The van der Waals surface area contributed by atoms with Crippen LogP contribution in [0.4, 0.5) is 0 Å². The molecule has 3 atom stereocenters. The molecule has 0 aromatic heterocycles. The first-order valence-corrected chi connectivity index (χ1v) is 27.7. The first kappa shape index (κ1) is 60.0. The summed E-state index contributed by atoms with van der Waals surface area (Å²) < 4.78 is 23.3. The number of quaternary nitrogens is 1. The number of carbonyl (C=O) groups excluding carboxylic acids is 1. The molecule has 2 N–H and O–H groups in total. The molecule has 8 nitrogen and oxygen atoms in total. The third-order valence-electron chi connectivity index (χ3n) is 11.9. The van der Waals surface area contributed by atoms with Crippen LogP contribution in [-0.4, -0.2) is 68.5 Å². The predicted octanol–water partition coefficient (Wildman–Crippen LogP) is 14.6. The third kappa shape index (κ3) is 46.8. The van der Waals surface area contributed by atoms with E-state index in [0.717, 1.165) is 38.5 Å². The second-order valence-corrected chi connectivity index (χ2v) is 20.6. The van der Waals surface area contributed by atoms with Crippen LogP contribution >= 0.6 is 7.82 Å². The van der Waals surface area contributed by atoms with E-state index in [4.69, 9.17) is 9.05 Å². The lowest BCUT2D eigenvalue weighted by Crippen LogP contribution is -2.45. The highest BCUT2D eigenvalue weighted by Gasteiger charge is 2.23. The van der Waals surface area contributed by atoms with Crippen LogP contribution in [0, 0.1) is 0 Å². The van der Waals surface area contributed by atoms with Crippen LogP contribution in [-0.2, 0) is 18.4 Å². The zero-order valence-corrected chi connectivity index (χ0v) is 42.0. The Kier molecular flexibility index (Phi) is 43.5. The molecule has 362 valence electrons. The van der Waals surface area contributed by atoms with Gasteiger partial charge in [-0.3, -0.25) is 9.36 Å². The Morgan fingerprint density at radius 3 is 1.28 bits per heavy atom. The fraction of sp³-hybridized carbons (Fsp3) is 0.904. The molecule has 0 aromatic rings. The lowest BCUT2D eigenvalue weighted by atomic mass is 10.0. The van der Waals surface area contributed by atoms with Crippen molar-refractivity contribution >= 4 is 13.7 Å². The van der Waals surface area contributed by atoms with E-state index < -0.39 is 20.0 Å². The number of allylic oxidation sites excluding steroid dienone is 3. The van der Waals surface area contributed by atoms with Gasteiger partial charge in [-0.15, -0.1) is 0 Å². The van der Waals surface area contributed by atoms with Crippen LogP contribution in [0.2, 0.25) is 0 Å². The second-order valence-electron chi connectivity index (χ2n) is 19.2. The second kappa shape index (κ2) is 44.2. The molecule has 1 amide bonds. The molecule has 61 heavy (non-hydrogen) atoms. The molecule has 0 aliphatic carbocycles. The van der Waals surface area contributed by atoms with Gasteiger partial charge in [-0.25, -0.2) is 0 Å². The lowest BCUT2D eigenvalue weighted by molar-refractivity contribution is -0.870. The number of rotatable bonds is 48. The van der Waals surface area contributed by atoms with Gasteiger partial charge in [0.1, 0.15) is 13.2 Å². The van der Waals surface area contributed by atoms with Crippen molar-refractivity contribution in [3.05, 3.63) is 24.3 Å². The maximum Gasteiger partial charge on any atom is 0.268 e.